The molecule has 1 heterocycles. The van der Waals surface area contributed by atoms with Gasteiger partial charge in [0.15, 0.2) is 0 Å². The Hall–Kier alpha value is -2.72. The molecule has 0 aliphatic heterocycles. The monoisotopic (exact) mass is 362 g/mol. The minimum absolute atomic E-state index is 0.0170. The maximum atomic E-state index is 13.4. The summed E-state index contributed by atoms with van der Waals surface area (Å²) in [5, 5.41) is 14.2. The molecule has 3 nitrogen and oxygen atoms in total. The van der Waals surface area contributed by atoms with Crippen LogP contribution in [0.1, 0.15) is 41.3 Å². The number of hydrogen-bond donors (Lipinski definition) is 1. The molecular formula is C23H23FN2O. The molecule has 0 radical (unpaired) electrons. The van der Waals surface area contributed by atoms with Crippen LogP contribution < -0.4 is 0 Å². The fraction of sp³-hybridized carbons (Fsp3) is 0.261. The summed E-state index contributed by atoms with van der Waals surface area (Å²) < 4.78 is 15.2. The maximum absolute atomic E-state index is 13.4. The van der Waals surface area contributed by atoms with Gasteiger partial charge in [-0.05, 0) is 61.6 Å². The SMILES string of the molecule is OC/C=C/c1c2c(nn1-c1ccc(F)cc1)C(Cc1ccccc1)CCC2. The Morgan fingerprint density at radius 3 is 2.63 bits per heavy atom. The van der Waals surface area contributed by atoms with Gasteiger partial charge in [-0.15, -0.1) is 0 Å². The van der Waals surface area contributed by atoms with Gasteiger partial charge in [-0.25, -0.2) is 9.07 Å². The summed E-state index contributed by atoms with van der Waals surface area (Å²) in [5.41, 5.74) is 5.52. The zero-order valence-electron chi connectivity index (χ0n) is 15.2. The third kappa shape index (κ3) is 3.71. The summed E-state index contributed by atoms with van der Waals surface area (Å²) in [6.45, 7) is -0.0170. The highest BCUT2D eigenvalue weighted by atomic mass is 19.1. The largest absolute Gasteiger partial charge is 0.392 e. The van der Waals surface area contributed by atoms with Crippen LogP contribution in [-0.2, 0) is 12.8 Å². The Labute approximate surface area is 158 Å². The van der Waals surface area contributed by atoms with E-state index >= 15 is 0 Å². The number of aliphatic hydroxyl groups is 1. The van der Waals surface area contributed by atoms with Gasteiger partial charge in [0.1, 0.15) is 5.82 Å². The molecule has 0 spiro atoms. The first kappa shape index (κ1) is 17.7. The van der Waals surface area contributed by atoms with Crippen LogP contribution in [0.2, 0.25) is 0 Å². The quantitative estimate of drug-likeness (QED) is 0.716. The lowest BCUT2D eigenvalue weighted by molar-refractivity contribution is 0.343. The van der Waals surface area contributed by atoms with E-state index in [-0.39, 0.29) is 12.4 Å². The predicted octanol–water partition coefficient (Wildman–Crippen LogP) is 4.68. The number of aromatic nitrogens is 2. The molecule has 0 saturated heterocycles. The van der Waals surface area contributed by atoms with Crippen LogP contribution in [0.4, 0.5) is 4.39 Å². The molecule has 2 aromatic carbocycles. The van der Waals surface area contributed by atoms with Gasteiger partial charge in [0.25, 0.3) is 0 Å². The Kier molecular flexibility index (Phi) is 5.16. The normalized spacial score (nSPS) is 16.6. The van der Waals surface area contributed by atoms with Gasteiger partial charge in [-0.1, -0.05) is 36.4 Å². The molecule has 0 saturated carbocycles. The minimum atomic E-state index is -0.259. The van der Waals surface area contributed by atoms with E-state index < -0.39 is 0 Å². The van der Waals surface area contributed by atoms with Crippen LogP contribution in [-0.4, -0.2) is 21.5 Å². The van der Waals surface area contributed by atoms with Gasteiger partial charge in [-0.2, -0.15) is 5.10 Å². The fourth-order valence-corrected chi connectivity index (χ4v) is 3.94. The highest BCUT2D eigenvalue weighted by molar-refractivity contribution is 5.56. The van der Waals surface area contributed by atoms with Crippen molar-refractivity contribution in [3.8, 4) is 5.69 Å². The van der Waals surface area contributed by atoms with Crippen molar-refractivity contribution in [2.45, 2.75) is 31.6 Å². The van der Waals surface area contributed by atoms with Crippen molar-refractivity contribution in [1.29, 1.82) is 0 Å². The lowest BCUT2D eigenvalue weighted by Gasteiger charge is -2.21. The molecule has 1 aliphatic carbocycles. The van der Waals surface area contributed by atoms with Crippen molar-refractivity contribution in [3.63, 3.8) is 0 Å². The topological polar surface area (TPSA) is 38.1 Å². The molecule has 1 atom stereocenters. The number of halogens is 1. The van der Waals surface area contributed by atoms with Gasteiger partial charge in [-0.3, -0.25) is 0 Å². The minimum Gasteiger partial charge on any atom is -0.392 e. The second-order valence-electron chi connectivity index (χ2n) is 7.00. The van der Waals surface area contributed by atoms with Crippen molar-refractivity contribution in [2.24, 2.45) is 0 Å². The zero-order chi connectivity index (χ0) is 18.6. The molecule has 1 N–H and O–H groups in total. The van der Waals surface area contributed by atoms with E-state index in [9.17, 15) is 9.50 Å². The zero-order valence-corrected chi connectivity index (χ0v) is 15.2. The molecule has 1 unspecified atom stereocenters. The second kappa shape index (κ2) is 7.89. The van der Waals surface area contributed by atoms with Crippen molar-refractivity contribution in [3.05, 3.63) is 89.0 Å². The van der Waals surface area contributed by atoms with Gasteiger partial charge in [0.05, 0.1) is 23.7 Å². The molecular weight excluding hydrogens is 339 g/mol. The molecule has 4 rings (SSSR count). The first-order valence-electron chi connectivity index (χ1n) is 9.45. The summed E-state index contributed by atoms with van der Waals surface area (Å²) in [6.07, 6.45) is 7.85. The second-order valence-corrected chi connectivity index (χ2v) is 7.00. The molecule has 0 fully saturated rings. The number of hydrogen-bond acceptors (Lipinski definition) is 2. The lowest BCUT2D eigenvalue weighted by atomic mass is 9.83. The van der Waals surface area contributed by atoms with Crippen molar-refractivity contribution < 1.29 is 9.50 Å². The first-order chi connectivity index (χ1) is 13.3. The van der Waals surface area contributed by atoms with Crippen LogP contribution >= 0.6 is 0 Å². The average molecular weight is 362 g/mol. The number of rotatable bonds is 5. The molecule has 27 heavy (non-hydrogen) atoms. The van der Waals surface area contributed by atoms with Gasteiger partial charge < -0.3 is 5.11 Å². The molecule has 0 amide bonds. The lowest BCUT2D eigenvalue weighted by Crippen LogP contribution is -2.12. The highest BCUT2D eigenvalue weighted by Crippen LogP contribution is 2.36. The summed E-state index contributed by atoms with van der Waals surface area (Å²) in [4.78, 5) is 0. The van der Waals surface area contributed by atoms with Crippen LogP contribution in [0.15, 0.2) is 60.7 Å². The van der Waals surface area contributed by atoms with E-state index in [1.54, 1.807) is 18.2 Å². The highest BCUT2D eigenvalue weighted by Gasteiger charge is 2.27. The standard InChI is InChI=1S/C23H23FN2O/c24-19-11-13-20(14-12-19)26-22(10-5-15-27)21-9-4-8-18(23(21)25-26)16-17-6-2-1-3-7-17/h1-3,5-7,10-14,18,27H,4,8-9,15-16H2/b10-5+. The number of aliphatic hydroxyl groups excluding tert-OH is 1. The Bertz CT molecular complexity index is 929. The summed E-state index contributed by atoms with van der Waals surface area (Å²) in [5.74, 6) is 0.115. The number of benzene rings is 2. The van der Waals surface area contributed by atoms with Crippen LogP contribution in [0, 0.1) is 5.82 Å². The smallest absolute Gasteiger partial charge is 0.123 e. The Morgan fingerprint density at radius 2 is 1.89 bits per heavy atom. The van der Waals surface area contributed by atoms with Crippen LogP contribution in [0.25, 0.3) is 11.8 Å². The van der Waals surface area contributed by atoms with E-state index in [0.29, 0.717) is 5.92 Å². The van der Waals surface area contributed by atoms with Gasteiger partial charge in [0.2, 0.25) is 0 Å². The Balaban J connectivity index is 1.77. The number of nitrogens with zero attached hydrogens (tertiary/aromatic N) is 2. The summed E-state index contributed by atoms with van der Waals surface area (Å²) in [7, 11) is 0. The van der Waals surface area contributed by atoms with E-state index in [0.717, 1.165) is 42.8 Å². The average Bonchev–Trinajstić information content (AvgIpc) is 3.07. The number of fused-ring (bicyclic) bond motifs is 1. The van der Waals surface area contributed by atoms with Crippen molar-refractivity contribution in [2.75, 3.05) is 6.61 Å². The van der Waals surface area contributed by atoms with Crippen LogP contribution in [0.5, 0.6) is 0 Å². The van der Waals surface area contributed by atoms with Gasteiger partial charge in [0, 0.05) is 11.5 Å². The van der Waals surface area contributed by atoms with E-state index in [2.05, 4.69) is 24.3 Å². The molecule has 1 aliphatic rings. The van der Waals surface area contributed by atoms with Crippen molar-refractivity contribution >= 4 is 6.08 Å². The van der Waals surface area contributed by atoms with Gasteiger partial charge >= 0.3 is 0 Å². The molecule has 4 heteroatoms. The summed E-state index contributed by atoms with van der Waals surface area (Å²) >= 11 is 0. The molecule has 0 bridgehead atoms. The van der Waals surface area contributed by atoms with E-state index in [1.807, 2.05) is 16.8 Å². The van der Waals surface area contributed by atoms with E-state index in [4.69, 9.17) is 5.10 Å². The predicted molar refractivity (Wildman–Crippen MR) is 105 cm³/mol. The molecule has 1 aromatic heterocycles. The third-order valence-corrected chi connectivity index (χ3v) is 5.20. The maximum Gasteiger partial charge on any atom is 0.123 e. The molecule has 3 aromatic rings. The van der Waals surface area contributed by atoms with Crippen molar-refractivity contribution in [1.82, 2.24) is 9.78 Å². The van der Waals surface area contributed by atoms with Crippen LogP contribution in [0.3, 0.4) is 0 Å². The Morgan fingerprint density at radius 1 is 1.11 bits per heavy atom. The fourth-order valence-electron chi connectivity index (χ4n) is 3.94. The third-order valence-electron chi connectivity index (χ3n) is 5.20. The molecule has 138 valence electrons. The summed E-state index contributed by atoms with van der Waals surface area (Å²) in [6, 6.07) is 16.9. The first-order valence-corrected chi connectivity index (χ1v) is 9.45. The van der Waals surface area contributed by atoms with E-state index in [1.165, 1.54) is 23.3 Å².